The van der Waals surface area contributed by atoms with E-state index in [1.54, 1.807) is 0 Å². The van der Waals surface area contributed by atoms with E-state index in [1.807, 2.05) is 41.0 Å². The summed E-state index contributed by atoms with van der Waals surface area (Å²) in [4.78, 5) is 2.26. The van der Waals surface area contributed by atoms with E-state index < -0.39 is 0 Å². The summed E-state index contributed by atoms with van der Waals surface area (Å²) in [7, 11) is 6.24. The summed E-state index contributed by atoms with van der Waals surface area (Å²) in [6.07, 6.45) is 5.28. The van der Waals surface area contributed by atoms with Crippen LogP contribution in [0.15, 0.2) is 28.0 Å². The smallest absolute Gasteiger partial charge is 0.0649 e. The van der Waals surface area contributed by atoms with Crippen LogP contribution in [0.3, 0.4) is 0 Å². The number of rotatable bonds is 5. The molecule has 0 amide bonds. The second-order valence-corrected chi connectivity index (χ2v) is 8.84. The third kappa shape index (κ3) is 3.40. The van der Waals surface area contributed by atoms with E-state index in [9.17, 15) is 0 Å². The Morgan fingerprint density at radius 2 is 2.32 bits per heavy atom. The standard InChI is InChI=1S/C16H24N4S2/c1-11-7-14(13-5-6-21-16(13)22-11)17-9-15(19(2)3)12-8-18-20(4)10-12/h5-6,8,10-11,14-15,17H,7,9H2,1-4H3/t11-,14-,15-/m0/s1. The van der Waals surface area contributed by atoms with Crippen LogP contribution in [0.1, 0.15) is 36.6 Å². The van der Waals surface area contributed by atoms with Gasteiger partial charge in [-0.15, -0.1) is 23.1 Å². The van der Waals surface area contributed by atoms with Crippen LogP contribution < -0.4 is 5.32 Å². The molecule has 0 aliphatic carbocycles. The number of fused-ring (bicyclic) bond motifs is 1. The third-order valence-electron chi connectivity index (χ3n) is 4.20. The van der Waals surface area contributed by atoms with E-state index in [0.717, 1.165) is 6.54 Å². The Kier molecular flexibility index (Phi) is 4.92. The highest BCUT2D eigenvalue weighted by atomic mass is 32.2. The molecular formula is C16H24N4S2. The summed E-state index contributed by atoms with van der Waals surface area (Å²) in [5, 5.41) is 11.0. The molecule has 22 heavy (non-hydrogen) atoms. The van der Waals surface area contributed by atoms with Gasteiger partial charge in [0.05, 0.1) is 10.4 Å². The van der Waals surface area contributed by atoms with Crippen LogP contribution in [0.25, 0.3) is 0 Å². The molecule has 1 aliphatic rings. The molecule has 3 heterocycles. The first kappa shape index (κ1) is 16.1. The number of aromatic nitrogens is 2. The molecule has 4 nitrogen and oxygen atoms in total. The molecule has 0 fully saturated rings. The van der Waals surface area contributed by atoms with Crippen molar-refractivity contribution in [3.8, 4) is 0 Å². The van der Waals surface area contributed by atoms with Gasteiger partial charge in [-0.25, -0.2) is 0 Å². The van der Waals surface area contributed by atoms with Crippen LogP contribution in [0.2, 0.25) is 0 Å². The van der Waals surface area contributed by atoms with Crippen molar-refractivity contribution in [3.63, 3.8) is 0 Å². The lowest BCUT2D eigenvalue weighted by atomic mass is 10.0. The highest BCUT2D eigenvalue weighted by molar-refractivity contribution is 8.01. The zero-order valence-corrected chi connectivity index (χ0v) is 15.2. The van der Waals surface area contributed by atoms with Crippen LogP contribution in [0.5, 0.6) is 0 Å². The number of nitrogens with zero attached hydrogens (tertiary/aromatic N) is 3. The molecule has 0 bridgehead atoms. The van der Waals surface area contributed by atoms with E-state index >= 15 is 0 Å². The summed E-state index contributed by atoms with van der Waals surface area (Å²) in [5.41, 5.74) is 2.75. The zero-order chi connectivity index (χ0) is 15.7. The van der Waals surface area contributed by atoms with Gasteiger partial charge in [0, 0.05) is 42.7 Å². The summed E-state index contributed by atoms with van der Waals surface area (Å²) < 4.78 is 3.36. The number of nitrogens with one attached hydrogen (secondary N) is 1. The fourth-order valence-corrected chi connectivity index (χ4v) is 5.57. The summed E-state index contributed by atoms with van der Waals surface area (Å²) in [6, 6.07) is 3.10. The lowest BCUT2D eigenvalue weighted by molar-refractivity contribution is 0.276. The van der Waals surface area contributed by atoms with Gasteiger partial charge in [0.15, 0.2) is 0 Å². The molecular weight excluding hydrogens is 312 g/mol. The second-order valence-electron chi connectivity index (χ2n) is 6.22. The Bertz CT molecular complexity index is 619. The van der Waals surface area contributed by atoms with Crippen molar-refractivity contribution < 1.29 is 0 Å². The average Bonchev–Trinajstić information content (AvgIpc) is 3.07. The quantitative estimate of drug-likeness (QED) is 0.908. The van der Waals surface area contributed by atoms with Crippen LogP contribution in [0.4, 0.5) is 0 Å². The van der Waals surface area contributed by atoms with Gasteiger partial charge < -0.3 is 10.2 Å². The maximum absolute atomic E-state index is 4.31. The topological polar surface area (TPSA) is 33.1 Å². The van der Waals surface area contributed by atoms with Crippen molar-refractivity contribution in [1.29, 1.82) is 0 Å². The zero-order valence-electron chi connectivity index (χ0n) is 13.6. The first-order valence-electron chi connectivity index (χ1n) is 7.67. The SMILES string of the molecule is C[C@H]1C[C@H](NC[C@@H](c2cnn(C)c2)N(C)C)c2ccsc2S1. The van der Waals surface area contributed by atoms with Gasteiger partial charge in [-0.3, -0.25) is 4.68 Å². The molecule has 0 saturated heterocycles. The van der Waals surface area contributed by atoms with Crippen LogP contribution in [-0.4, -0.2) is 40.6 Å². The van der Waals surface area contributed by atoms with Crippen molar-refractivity contribution >= 4 is 23.1 Å². The minimum atomic E-state index is 0.348. The second kappa shape index (κ2) is 6.74. The fraction of sp³-hybridized carbons (Fsp3) is 0.562. The number of thioether (sulfide) groups is 1. The summed E-state index contributed by atoms with van der Waals surface area (Å²) in [6.45, 7) is 3.27. The molecule has 0 saturated carbocycles. The minimum absolute atomic E-state index is 0.348. The predicted molar refractivity (Wildman–Crippen MR) is 94.6 cm³/mol. The van der Waals surface area contributed by atoms with Gasteiger partial charge in [-0.2, -0.15) is 5.10 Å². The summed E-state index contributed by atoms with van der Waals surface area (Å²) in [5.74, 6) is 0. The first-order chi connectivity index (χ1) is 10.5. The average molecular weight is 337 g/mol. The molecule has 0 spiro atoms. The molecule has 3 atom stereocenters. The number of likely N-dealkylation sites (N-methyl/N-ethyl adjacent to an activating group) is 1. The van der Waals surface area contributed by atoms with Crippen LogP contribution >= 0.6 is 23.1 Å². The van der Waals surface area contributed by atoms with Gasteiger partial charge in [0.1, 0.15) is 0 Å². The van der Waals surface area contributed by atoms with Crippen molar-refractivity contribution in [1.82, 2.24) is 20.0 Å². The normalized spacial score (nSPS) is 22.8. The third-order valence-corrected chi connectivity index (χ3v) is 6.54. The van der Waals surface area contributed by atoms with Crippen molar-refractivity contribution in [2.24, 2.45) is 7.05 Å². The molecule has 3 rings (SSSR count). The number of aryl methyl sites for hydroxylation is 1. The number of hydrogen-bond donors (Lipinski definition) is 1. The Morgan fingerprint density at radius 1 is 1.50 bits per heavy atom. The Balaban J connectivity index is 1.71. The molecule has 0 radical (unpaired) electrons. The highest BCUT2D eigenvalue weighted by Crippen LogP contribution is 2.43. The summed E-state index contributed by atoms with van der Waals surface area (Å²) >= 11 is 3.89. The van der Waals surface area contributed by atoms with Crippen molar-refractivity contribution in [2.75, 3.05) is 20.6 Å². The molecule has 2 aromatic heterocycles. The highest BCUT2D eigenvalue weighted by Gasteiger charge is 2.27. The van der Waals surface area contributed by atoms with Gasteiger partial charge >= 0.3 is 0 Å². The molecule has 1 N–H and O–H groups in total. The molecule has 1 aliphatic heterocycles. The van der Waals surface area contributed by atoms with E-state index in [-0.39, 0.29) is 0 Å². The lowest BCUT2D eigenvalue weighted by Crippen LogP contribution is -2.34. The lowest BCUT2D eigenvalue weighted by Gasteiger charge is -2.31. The Hall–Kier alpha value is -0.820. The molecule has 120 valence electrons. The van der Waals surface area contributed by atoms with Gasteiger partial charge in [-0.05, 0) is 37.5 Å². The largest absolute Gasteiger partial charge is 0.308 e. The van der Waals surface area contributed by atoms with Crippen LogP contribution in [-0.2, 0) is 7.05 Å². The van der Waals surface area contributed by atoms with Crippen molar-refractivity contribution in [2.45, 2.75) is 34.9 Å². The monoisotopic (exact) mass is 336 g/mol. The maximum atomic E-state index is 4.31. The number of hydrogen-bond acceptors (Lipinski definition) is 5. The van der Waals surface area contributed by atoms with E-state index in [2.05, 4.69) is 54.0 Å². The van der Waals surface area contributed by atoms with Gasteiger partial charge in [0.2, 0.25) is 0 Å². The fourth-order valence-electron chi connectivity index (χ4n) is 3.01. The van der Waals surface area contributed by atoms with Crippen LogP contribution in [0, 0.1) is 0 Å². The van der Waals surface area contributed by atoms with Gasteiger partial charge in [0.25, 0.3) is 0 Å². The van der Waals surface area contributed by atoms with E-state index in [1.165, 1.54) is 21.8 Å². The Morgan fingerprint density at radius 3 is 3.00 bits per heavy atom. The van der Waals surface area contributed by atoms with E-state index in [4.69, 9.17) is 0 Å². The minimum Gasteiger partial charge on any atom is -0.308 e. The molecule has 2 aromatic rings. The molecule has 6 heteroatoms. The number of thiophene rings is 1. The Labute approximate surface area is 140 Å². The predicted octanol–water partition coefficient (Wildman–Crippen LogP) is 3.30. The van der Waals surface area contributed by atoms with Gasteiger partial charge in [-0.1, -0.05) is 6.92 Å². The maximum Gasteiger partial charge on any atom is 0.0649 e. The first-order valence-corrected chi connectivity index (χ1v) is 9.43. The molecule has 0 aromatic carbocycles. The van der Waals surface area contributed by atoms with Crippen molar-refractivity contribution in [3.05, 3.63) is 35.0 Å². The van der Waals surface area contributed by atoms with E-state index in [0.29, 0.717) is 17.3 Å². The molecule has 0 unspecified atom stereocenters.